The van der Waals surface area contributed by atoms with Gasteiger partial charge in [0.05, 0.1) is 45.4 Å². The van der Waals surface area contributed by atoms with Crippen molar-refractivity contribution in [1.29, 1.82) is 0 Å². The molecule has 41 heavy (non-hydrogen) atoms. The van der Waals surface area contributed by atoms with Crippen molar-refractivity contribution in [1.82, 2.24) is 4.90 Å². The Kier molecular flexibility index (Phi) is 11.2. The minimum Gasteiger partial charge on any atom is -0.494 e. The summed E-state index contributed by atoms with van der Waals surface area (Å²) in [6.07, 6.45) is 5.81. The van der Waals surface area contributed by atoms with Crippen LogP contribution in [0.3, 0.4) is 0 Å². The van der Waals surface area contributed by atoms with Gasteiger partial charge in [0.2, 0.25) is 0 Å². The van der Waals surface area contributed by atoms with Gasteiger partial charge in [0.25, 0.3) is 0 Å². The summed E-state index contributed by atoms with van der Waals surface area (Å²) < 4.78 is 24.0. The highest BCUT2D eigenvalue weighted by molar-refractivity contribution is 5.31. The van der Waals surface area contributed by atoms with Gasteiger partial charge < -0.3 is 24.1 Å². The molecular formula is C35H45NO5. The summed E-state index contributed by atoms with van der Waals surface area (Å²) >= 11 is 0. The van der Waals surface area contributed by atoms with Crippen LogP contribution < -0.4 is 4.74 Å². The molecule has 1 N–H and O–H groups in total. The van der Waals surface area contributed by atoms with E-state index < -0.39 is 0 Å². The number of rotatable bonds is 15. The standard InChI is InChI=1S/C35H45NO5/c1-38-35(30-9-5-10-30)31-13-11-28(12-14-31)25-41-34-23-36(26-37)20-19-33(34)29-15-17-32(18-16-29)40-22-6-21-39-24-27-7-3-2-4-8-27/h2-4,7-8,11-18,30,33-35,37H,5-6,9-10,19-26H2,1H3. The van der Waals surface area contributed by atoms with E-state index in [1.807, 2.05) is 25.3 Å². The summed E-state index contributed by atoms with van der Waals surface area (Å²) in [6.45, 7) is 4.11. The molecule has 1 heterocycles. The topological polar surface area (TPSA) is 60.4 Å². The molecule has 1 aliphatic carbocycles. The number of nitrogens with zero attached hydrogens (tertiary/aromatic N) is 1. The van der Waals surface area contributed by atoms with Crippen LogP contribution in [0, 0.1) is 5.92 Å². The van der Waals surface area contributed by atoms with Crippen molar-refractivity contribution in [2.24, 2.45) is 5.92 Å². The minimum absolute atomic E-state index is 0.00538. The van der Waals surface area contributed by atoms with Crippen LogP contribution in [0.1, 0.15) is 66.4 Å². The SMILES string of the molecule is COC(c1ccc(COC2CN(CO)CCC2c2ccc(OCCCOCc3ccccc3)cc2)cc1)C1CCC1. The lowest BCUT2D eigenvalue weighted by Crippen LogP contribution is -2.44. The molecule has 0 bridgehead atoms. The molecule has 220 valence electrons. The minimum atomic E-state index is 0.00538. The highest BCUT2D eigenvalue weighted by Gasteiger charge is 2.31. The Labute approximate surface area is 245 Å². The van der Waals surface area contributed by atoms with Gasteiger partial charge in [0.15, 0.2) is 0 Å². The Bertz CT molecular complexity index is 1150. The van der Waals surface area contributed by atoms with E-state index in [1.165, 1.54) is 36.0 Å². The first-order chi connectivity index (χ1) is 20.2. The lowest BCUT2D eigenvalue weighted by atomic mass is 9.78. The van der Waals surface area contributed by atoms with Gasteiger partial charge in [-0.25, -0.2) is 0 Å². The zero-order chi connectivity index (χ0) is 28.3. The largest absolute Gasteiger partial charge is 0.494 e. The average Bonchev–Trinajstić information content (AvgIpc) is 3.00. The third-order valence-corrected chi connectivity index (χ3v) is 8.57. The van der Waals surface area contributed by atoms with E-state index >= 15 is 0 Å². The maximum absolute atomic E-state index is 9.79. The first-order valence-electron chi connectivity index (χ1n) is 15.1. The summed E-state index contributed by atoms with van der Waals surface area (Å²) in [5.41, 5.74) is 4.86. The second-order valence-electron chi connectivity index (χ2n) is 11.4. The number of hydrogen-bond donors (Lipinski definition) is 1. The summed E-state index contributed by atoms with van der Waals surface area (Å²) in [5, 5.41) is 9.79. The molecule has 3 aromatic rings. The molecule has 6 heteroatoms. The Morgan fingerprint density at radius 2 is 1.61 bits per heavy atom. The lowest BCUT2D eigenvalue weighted by Gasteiger charge is -2.38. The molecule has 6 nitrogen and oxygen atoms in total. The number of aliphatic hydroxyl groups excluding tert-OH is 1. The van der Waals surface area contributed by atoms with Crippen LogP contribution in [0.5, 0.6) is 5.75 Å². The first kappa shape index (κ1) is 29.7. The summed E-state index contributed by atoms with van der Waals surface area (Å²) in [5.74, 6) is 1.79. The van der Waals surface area contributed by atoms with Crippen molar-refractivity contribution in [2.75, 3.05) is 40.1 Å². The summed E-state index contributed by atoms with van der Waals surface area (Å²) in [7, 11) is 1.82. The van der Waals surface area contributed by atoms with Crippen LogP contribution in [-0.2, 0) is 27.4 Å². The molecule has 3 unspecified atom stereocenters. The van der Waals surface area contributed by atoms with E-state index in [0.29, 0.717) is 38.9 Å². The number of methoxy groups -OCH3 is 1. The first-order valence-corrected chi connectivity index (χ1v) is 15.1. The third kappa shape index (κ3) is 8.40. The van der Waals surface area contributed by atoms with Crippen LogP contribution in [-0.4, -0.2) is 56.3 Å². The molecule has 0 aromatic heterocycles. The molecule has 3 aromatic carbocycles. The van der Waals surface area contributed by atoms with Gasteiger partial charge in [-0.05, 0) is 59.6 Å². The predicted octanol–water partition coefficient (Wildman–Crippen LogP) is 6.48. The second kappa shape index (κ2) is 15.5. The van der Waals surface area contributed by atoms with Crippen LogP contribution in [0.4, 0.5) is 0 Å². The smallest absolute Gasteiger partial charge is 0.119 e. The number of piperidine rings is 1. The summed E-state index contributed by atoms with van der Waals surface area (Å²) in [4.78, 5) is 2.06. The fraction of sp³-hybridized carbons (Fsp3) is 0.486. The van der Waals surface area contributed by atoms with E-state index in [-0.39, 0.29) is 24.9 Å². The maximum atomic E-state index is 9.79. The molecule has 0 spiro atoms. The normalized spacial score (nSPS) is 20.4. The van der Waals surface area contributed by atoms with Crippen molar-refractivity contribution < 1.29 is 24.1 Å². The van der Waals surface area contributed by atoms with Crippen LogP contribution in [0.2, 0.25) is 0 Å². The third-order valence-electron chi connectivity index (χ3n) is 8.57. The van der Waals surface area contributed by atoms with Crippen LogP contribution >= 0.6 is 0 Å². The van der Waals surface area contributed by atoms with Gasteiger partial charge >= 0.3 is 0 Å². The number of likely N-dealkylation sites (tertiary alicyclic amines) is 1. The van der Waals surface area contributed by atoms with E-state index in [4.69, 9.17) is 18.9 Å². The molecule has 0 radical (unpaired) electrons. The molecule has 2 aliphatic rings. The van der Waals surface area contributed by atoms with E-state index in [0.717, 1.165) is 30.7 Å². The average molecular weight is 560 g/mol. The van der Waals surface area contributed by atoms with Gasteiger partial charge in [-0.2, -0.15) is 0 Å². The number of aliphatic hydroxyl groups is 1. The van der Waals surface area contributed by atoms with E-state index in [2.05, 4.69) is 65.6 Å². The highest BCUT2D eigenvalue weighted by Crippen LogP contribution is 2.39. The monoisotopic (exact) mass is 559 g/mol. The Hall–Kier alpha value is -2.74. The second-order valence-corrected chi connectivity index (χ2v) is 11.4. The van der Waals surface area contributed by atoms with Gasteiger partial charge in [-0.3, -0.25) is 4.90 Å². The van der Waals surface area contributed by atoms with Crippen molar-refractivity contribution in [3.8, 4) is 5.75 Å². The van der Waals surface area contributed by atoms with Crippen molar-refractivity contribution >= 4 is 0 Å². The van der Waals surface area contributed by atoms with Crippen LogP contribution in [0.15, 0.2) is 78.9 Å². The zero-order valence-corrected chi connectivity index (χ0v) is 24.3. The van der Waals surface area contributed by atoms with E-state index in [9.17, 15) is 5.11 Å². The number of benzene rings is 3. The summed E-state index contributed by atoms with van der Waals surface area (Å²) in [6, 6.07) is 27.4. The van der Waals surface area contributed by atoms with Gasteiger partial charge in [0.1, 0.15) is 5.75 Å². The molecule has 5 rings (SSSR count). The Balaban J connectivity index is 1.10. The number of hydrogen-bond acceptors (Lipinski definition) is 6. The molecule has 1 aliphatic heterocycles. The van der Waals surface area contributed by atoms with E-state index in [1.54, 1.807) is 0 Å². The van der Waals surface area contributed by atoms with Crippen molar-refractivity contribution in [3.05, 3.63) is 101 Å². The van der Waals surface area contributed by atoms with Gasteiger partial charge in [0, 0.05) is 32.5 Å². The highest BCUT2D eigenvalue weighted by atomic mass is 16.5. The van der Waals surface area contributed by atoms with Crippen molar-refractivity contribution in [3.63, 3.8) is 0 Å². The lowest BCUT2D eigenvalue weighted by molar-refractivity contribution is -0.0443. The predicted molar refractivity (Wildman–Crippen MR) is 161 cm³/mol. The molecule has 0 amide bonds. The number of ether oxygens (including phenoxy) is 4. The molecule has 1 saturated heterocycles. The Morgan fingerprint density at radius 3 is 2.29 bits per heavy atom. The zero-order valence-electron chi connectivity index (χ0n) is 24.3. The fourth-order valence-corrected chi connectivity index (χ4v) is 5.94. The maximum Gasteiger partial charge on any atom is 0.119 e. The van der Waals surface area contributed by atoms with Crippen molar-refractivity contribution in [2.45, 2.75) is 63.4 Å². The molecule has 3 atom stereocenters. The van der Waals surface area contributed by atoms with Gasteiger partial charge in [-0.1, -0.05) is 73.2 Å². The quantitative estimate of drug-likeness (QED) is 0.215. The van der Waals surface area contributed by atoms with Crippen LogP contribution in [0.25, 0.3) is 0 Å². The fourth-order valence-electron chi connectivity index (χ4n) is 5.94. The molecular weight excluding hydrogens is 514 g/mol. The Morgan fingerprint density at radius 1 is 0.854 bits per heavy atom. The molecule has 2 fully saturated rings. The van der Waals surface area contributed by atoms with Gasteiger partial charge in [-0.15, -0.1) is 0 Å². The molecule has 1 saturated carbocycles.